The number of fused-ring (bicyclic) bond motifs is 6. The largest absolute Gasteiger partial charge is 0.238 e. The van der Waals surface area contributed by atoms with Crippen LogP contribution in [0.2, 0.25) is 0 Å². The Hall–Kier alpha value is -6.60. The van der Waals surface area contributed by atoms with Gasteiger partial charge in [0.15, 0.2) is 11.0 Å². The Morgan fingerprint density at radius 1 is 0.524 bits per heavy atom. The number of hydrogen-bond donors (Lipinski definition) is 0. The first-order valence-electron chi connectivity index (χ1n) is 13.0. The van der Waals surface area contributed by atoms with Crippen molar-refractivity contribution >= 4 is 48.8 Å². The van der Waals surface area contributed by atoms with E-state index in [1.165, 1.54) is 0 Å². The van der Waals surface area contributed by atoms with Crippen LogP contribution in [0.15, 0.2) is 107 Å². The normalized spacial score (nSPS) is 12.0. The van der Waals surface area contributed by atoms with Gasteiger partial charge in [-0.2, -0.15) is 22.1 Å². The molecule has 0 unspecified atom stereocenters. The van der Waals surface area contributed by atoms with Gasteiger partial charge in [0.1, 0.15) is 0 Å². The molecule has 7 rings (SSSR count). The average Bonchev–Trinajstić information content (AvgIpc) is 3.51. The number of nitriles is 2. The third kappa shape index (κ3) is 3.70. The molecule has 0 amide bonds. The van der Waals surface area contributed by atoms with Gasteiger partial charge in [0.25, 0.3) is 0 Å². The summed E-state index contributed by atoms with van der Waals surface area (Å²) in [5, 5.41) is 31.5. The molecule has 0 aliphatic rings. The van der Waals surface area contributed by atoms with E-state index in [0.29, 0.717) is 22.0 Å². The zero-order chi connectivity index (χ0) is 28.8. The fraction of sp³-hybridized carbons (Fsp3) is 0. The summed E-state index contributed by atoms with van der Waals surface area (Å²) < 4.78 is 0. The summed E-state index contributed by atoms with van der Waals surface area (Å²) in [5.74, 6) is 0. The topological polar surface area (TPSA) is 81.0 Å². The van der Waals surface area contributed by atoms with Crippen molar-refractivity contribution in [3.8, 4) is 34.5 Å². The highest BCUT2D eigenvalue weighted by molar-refractivity contribution is 6.21. The third-order valence-corrected chi connectivity index (χ3v) is 7.79. The van der Waals surface area contributed by atoms with E-state index in [4.69, 9.17) is 18.4 Å². The molecular weight excluding hydrogens is 516 g/mol. The molecule has 0 aliphatic heterocycles. The molecule has 0 bridgehead atoms. The van der Waals surface area contributed by atoms with Crippen LogP contribution < -0.4 is 10.7 Å². The monoisotopic (exact) mass is 532 g/mol. The second-order valence-corrected chi connectivity index (χ2v) is 9.92. The maximum atomic E-state index is 9.62. The molecule has 42 heavy (non-hydrogen) atoms. The SMILES string of the molecule is [C-]#[N+]/N=c1\c2cc(-c3ccc([N+]#[C-])cc3)ccc2c2cc3/c(=N/C#N)c4cc(-c5ccc(C#N)cc5)ccc4c3cc12. The Bertz CT molecular complexity index is 2350. The van der Waals surface area contributed by atoms with Gasteiger partial charge in [-0.15, -0.1) is 4.95 Å². The summed E-state index contributed by atoms with van der Waals surface area (Å²) in [7, 11) is 0. The molecule has 0 heterocycles. The van der Waals surface area contributed by atoms with Crippen molar-refractivity contribution < 1.29 is 0 Å². The second kappa shape index (κ2) is 9.55. The summed E-state index contributed by atoms with van der Waals surface area (Å²) in [6.45, 7) is 14.8. The molecule has 6 heteroatoms. The number of nitrogens with zero attached hydrogens (tertiary/aromatic N) is 6. The molecule has 0 fully saturated rings. The maximum Gasteiger partial charge on any atom is 0.206 e. The average molecular weight is 533 g/mol. The lowest BCUT2D eigenvalue weighted by Gasteiger charge is -2.03. The molecule has 0 radical (unpaired) electrons. The van der Waals surface area contributed by atoms with Crippen LogP contribution in [0.25, 0.3) is 75.1 Å². The van der Waals surface area contributed by atoms with Crippen molar-refractivity contribution in [3.05, 3.63) is 136 Å². The van der Waals surface area contributed by atoms with E-state index in [1.807, 2.05) is 66.9 Å². The van der Waals surface area contributed by atoms with E-state index in [9.17, 15) is 5.26 Å². The Labute approximate surface area is 239 Å². The molecular formula is C36H16N6. The van der Waals surface area contributed by atoms with Crippen LogP contribution in [0.3, 0.4) is 0 Å². The standard InChI is InChI=1S/C36H16N6/c1-39-26-11-7-23(8-12-26)25-10-14-28-30-17-33-29(18-34(30)36(42-40-2)32(28)16-25)27-13-9-24(15-31(27)35(33)41-20-38)22-5-3-21(19-37)4-6-22/h3-18H/b41-35+,42-36+. The first kappa shape index (κ1) is 24.4. The number of rotatable bonds is 2. The van der Waals surface area contributed by atoms with Gasteiger partial charge in [-0.25, -0.2) is 4.85 Å². The predicted octanol–water partition coefficient (Wildman–Crippen LogP) is 8.05. The Balaban J connectivity index is 1.51. The van der Waals surface area contributed by atoms with E-state index in [-0.39, 0.29) is 0 Å². The highest BCUT2D eigenvalue weighted by atomic mass is 15.2. The van der Waals surface area contributed by atoms with Gasteiger partial charge in [-0.05, 0) is 80.2 Å². The molecule has 0 aliphatic carbocycles. The fourth-order valence-corrected chi connectivity index (χ4v) is 5.83. The van der Waals surface area contributed by atoms with E-state index in [2.05, 4.69) is 38.1 Å². The molecule has 0 aromatic heterocycles. The maximum absolute atomic E-state index is 9.62. The summed E-state index contributed by atoms with van der Waals surface area (Å²) in [5.41, 5.74) is 5.04. The zero-order valence-corrected chi connectivity index (χ0v) is 21.9. The minimum Gasteiger partial charge on any atom is -0.238 e. The lowest BCUT2D eigenvalue weighted by molar-refractivity contribution is 1.37. The van der Waals surface area contributed by atoms with Crippen LogP contribution in [0.1, 0.15) is 5.56 Å². The van der Waals surface area contributed by atoms with Crippen LogP contribution in [0.4, 0.5) is 5.69 Å². The molecule has 0 N–H and O–H groups in total. The van der Waals surface area contributed by atoms with Crippen molar-refractivity contribution in [2.45, 2.75) is 0 Å². The van der Waals surface area contributed by atoms with Crippen molar-refractivity contribution in [2.24, 2.45) is 10.1 Å². The smallest absolute Gasteiger partial charge is 0.206 e. The minimum atomic E-state index is 0.580. The van der Waals surface area contributed by atoms with Gasteiger partial charge in [-0.1, -0.05) is 60.7 Å². The van der Waals surface area contributed by atoms with Crippen LogP contribution in [0.5, 0.6) is 0 Å². The summed E-state index contributed by atoms with van der Waals surface area (Å²) in [6, 6.07) is 33.3. The molecule has 0 atom stereocenters. The molecule has 7 aromatic carbocycles. The van der Waals surface area contributed by atoms with Crippen LogP contribution in [-0.4, -0.2) is 0 Å². The highest BCUT2D eigenvalue weighted by Gasteiger charge is 2.17. The van der Waals surface area contributed by atoms with Gasteiger partial charge in [0.2, 0.25) is 6.19 Å². The minimum absolute atomic E-state index is 0.580. The Morgan fingerprint density at radius 3 is 1.55 bits per heavy atom. The van der Waals surface area contributed by atoms with Crippen molar-refractivity contribution in [1.29, 1.82) is 10.5 Å². The summed E-state index contributed by atoms with van der Waals surface area (Å²) in [6.07, 6.45) is 1.99. The zero-order valence-electron chi connectivity index (χ0n) is 21.9. The van der Waals surface area contributed by atoms with E-state index < -0.39 is 0 Å². The third-order valence-electron chi connectivity index (χ3n) is 7.79. The van der Waals surface area contributed by atoms with Crippen LogP contribution in [0, 0.1) is 35.9 Å². The lowest BCUT2D eigenvalue weighted by atomic mass is 10.0. The predicted molar refractivity (Wildman–Crippen MR) is 164 cm³/mol. The van der Waals surface area contributed by atoms with E-state index >= 15 is 0 Å². The van der Waals surface area contributed by atoms with Gasteiger partial charge >= 0.3 is 0 Å². The second-order valence-electron chi connectivity index (χ2n) is 9.92. The Kier molecular flexibility index (Phi) is 5.56. The molecule has 7 aromatic rings. The fourth-order valence-electron chi connectivity index (χ4n) is 5.83. The van der Waals surface area contributed by atoms with Crippen molar-refractivity contribution in [1.82, 2.24) is 0 Å². The molecule has 6 nitrogen and oxygen atoms in total. The van der Waals surface area contributed by atoms with Crippen LogP contribution in [-0.2, 0) is 0 Å². The quantitative estimate of drug-likeness (QED) is 0.128. The lowest BCUT2D eigenvalue weighted by Crippen LogP contribution is -1.99. The number of hydrogen-bond acceptors (Lipinski definition) is 4. The molecule has 0 saturated heterocycles. The van der Waals surface area contributed by atoms with Crippen molar-refractivity contribution in [3.63, 3.8) is 0 Å². The highest BCUT2D eigenvalue weighted by Crippen LogP contribution is 2.35. The number of benzene rings is 5. The molecule has 190 valence electrons. The van der Waals surface area contributed by atoms with E-state index in [1.54, 1.807) is 24.3 Å². The first-order valence-corrected chi connectivity index (χ1v) is 13.0. The van der Waals surface area contributed by atoms with E-state index in [0.717, 1.165) is 65.3 Å². The first-order chi connectivity index (χ1) is 20.6. The Morgan fingerprint density at radius 2 is 1.02 bits per heavy atom. The molecule has 0 spiro atoms. The van der Waals surface area contributed by atoms with Crippen LogP contribution >= 0.6 is 0 Å². The van der Waals surface area contributed by atoms with Crippen molar-refractivity contribution in [2.75, 3.05) is 0 Å². The van der Waals surface area contributed by atoms with Gasteiger partial charge in [-0.3, -0.25) is 0 Å². The summed E-state index contributed by atoms with van der Waals surface area (Å²) >= 11 is 0. The van der Waals surface area contributed by atoms with Gasteiger partial charge in [0.05, 0.1) is 28.7 Å². The summed E-state index contributed by atoms with van der Waals surface area (Å²) in [4.78, 5) is 11.1. The van der Waals surface area contributed by atoms with Gasteiger partial charge in [0, 0.05) is 21.5 Å². The molecule has 0 saturated carbocycles. The van der Waals surface area contributed by atoms with Gasteiger partial charge < -0.3 is 0 Å².